The molecule has 0 saturated carbocycles. The standard InChI is InChI=1S/C17H17F3N6.C2H7N/c1-22-14-13-9(7-8-23-15(13)25-16(21)24-14)12-10(17(18,19)20)5-4-6-11(12)26(2)3;1-3-2/h4-8H,1-3H3,(H3,21,22,23,24,25);3H,1-2H3. The number of nitrogens with one attached hydrogen (secondary N) is 2. The van der Waals surface area contributed by atoms with Gasteiger partial charge in [0.05, 0.1) is 10.9 Å². The first-order chi connectivity index (χ1) is 13.6. The smallest absolute Gasteiger partial charge is 0.377 e. The van der Waals surface area contributed by atoms with E-state index in [-0.39, 0.29) is 17.2 Å². The summed E-state index contributed by atoms with van der Waals surface area (Å²) in [6, 6.07) is 5.61. The number of anilines is 3. The Morgan fingerprint density at radius 1 is 1.03 bits per heavy atom. The monoisotopic (exact) mass is 407 g/mol. The average Bonchev–Trinajstić information content (AvgIpc) is 2.66. The maximum atomic E-state index is 13.7. The number of hydrogen-bond acceptors (Lipinski definition) is 7. The van der Waals surface area contributed by atoms with Crippen LogP contribution in [0.2, 0.25) is 0 Å². The van der Waals surface area contributed by atoms with Crippen LogP contribution >= 0.6 is 0 Å². The summed E-state index contributed by atoms with van der Waals surface area (Å²) in [5.41, 5.74) is 5.95. The van der Waals surface area contributed by atoms with Gasteiger partial charge in [0.15, 0.2) is 5.65 Å². The van der Waals surface area contributed by atoms with Crippen molar-refractivity contribution in [1.29, 1.82) is 0 Å². The van der Waals surface area contributed by atoms with Crippen LogP contribution in [0.4, 0.5) is 30.6 Å². The van der Waals surface area contributed by atoms with E-state index in [9.17, 15) is 13.2 Å². The molecule has 0 saturated heterocycles. The number of halogens is 3. The third kappa shape index (κ3) is 4.65. The molecule has 0 bridgehead atoms. The number of alkyl halides is 3. The second kappa shape index (κ2) is 8.91. The lowest BCUT2D eigenvalue weighted by Gasteiger charge is -2.23. The molecule has 0 unspecified atom stereocenters. The molecule has 10 heteroatoms. The summed E-state index contributed by atoms with van der Waals surface area (Å²) in [5.74, 6) is 0.306. The summed E-state index contributed by atoms with van der Waals surface area (Å²) in [4.78, 5) is 13.9. The van der Waals surface area contributed by atoms with Crippen molar-refractivity contribution in [2.75, 3.05) is 51.2 Å². The van der Waals surface area contributed by atoms with Crippen LogP contribution in [0.3, 0.4) is 0 Å². The minimum absolute atomic E-state index is 0.0107. The van der Waals surface area contributed by atoms with Crippen molar-refractivity contribution in [2.24, 2.45) is 0 Å². The van der Waals surface area contributed by atoms with Crippen LogP contribution in [0, 0.1) is 0 Å². The van der Waals surface area contributed by atoms with Crippen LogP contribution in [-0.2, 0) is 6.18 Å². The largest absolute Gasteiger partial charge is 0.417 e. The Morgan fingerprint density at radius 3 is 2.24 bits per heavy atom. The molecule has 4 N–H and O–H groups in total. The molecule has 0 aliphatic heterocycles. The van der Waals surface area contributed by atoms with Gasteiger partial charge in [0.2, 0.25) is 5.95 Å². The van der Waals surface area contributed by atoms with E-state index in [4.69, 9.17) is 5.73 Å². The summed E-state index contributed by atoms with van der Waals surface area (Å²) in [6.07, 6.45) is -3.11. The fourth-order valence-electron chi connectivity index (χ4n) is 2.89. The third-order valence-corrected chi connectivity index (χ3v) is 3.95. The van der Waals surface area contributed by atoms with Gasteiger partial charge >= 0.3 is 6.18 Å². The highest BCUT2D eigenvalue weighted by Gasteiger charge is 2.35. The van der Waals surface area contributed by atoms with Gasteiger partial charge in [-0.3, -0.25) is 0 Å². The molecular formula is C19H24F3N7. The van der Waals surface area contributed by atoms with Gasteiger partial charge in [-0.25, -0.2) is 4.98 Å². The number of nitrogens with zero attached hydrogens (tertiary/aromatic N) is 4. The zero-order valence-electron chi connectivity index (χ0n) is 16.9. The zero-order valence-corrected chi connectivity index (χ0v) is 16.9. The van der Waals surface area contributed by atoms with Crippen molar-refractivity contribution in [3.63, 3.8) is 0 Å². The molecule has 3 rings (SSSR count). The van der Waals surface area contributed by atoms with Gasteiger partial charge in [0.1, 0.15) is 5.82 Å². The van der Waals surface area contributed by atoms with Gasteiger partial charge in [-0.2, -0.15) is 23.1 Å². The SMILES string of the molecule is CNC.CNc1nc(N)nc2nccc(-c3c(N(C)C)cccc3C(F)(F)F)c12. The van der Waals surface area contributed by atoms with Gasteiger partial charge in [0, 0.05) is 44.2 Å². The summed E-state index contributed by atoms with van der Waals surface area (Å²) in [6.45, 7) is 0. The molecule has 29 heavy (non-hydrogen) atoms. The molecule has 0 amide bonds. The van der Waals surface area contributed by atoms with Crippen molar-refractivity contribution in [2.45, 2.75) is 6.18 Å². The number of nitrogen functional groups attached to an aromatic ring is 1. The Kier molecular flexibility index (Phi) is 6.80. The maximum absolute atomic E-state index is 13.7. The maximum Gasteiger partial charge on any atom is 0.417 e. The Morgan fingerprint density at radius 2 is 1.69 bits per heavy atom. The molecule has 3 aromatic rings. The summed E-state index contributed by atoms with van der Waals surface area (Å²) < 4.78 is 41.2. The second-order valence-corrected chi connectivity index (χ2v) is 6.33. The second-order valence-electron chi connectivity index (χ2n) is 6.33. The lowest BCUT2D eigenvalue weighted by atomic mass is 9.95. The molecule has 156 valence electrons. The van der Waals surface area contributed by atoms with E-state index in [1.54, 1.807) is 32.1 Å². The topological polar surface area (TPSA) is 92.0 Å². The zero-order chi connectivity index (χ0) is 21.8. The van der Waals surface area contributed by atoms with Gasteiger partial charge in [-0.15, -0.1) is 0 Å². The Bertz CT molecular complexity index is 987. The average molecular weight is 407 g/mol. The fourth-order valence-corrected chi connectivity index (χ4v) is 2.89. The van der Waals surface area contributed by atoms with Gasteiger partial charge in [0.25, 0.3) is 0 Å². The number of rotatable bonds is 3. The normalized spacial score (nSPS) is 11.0. The highest BCUT2D eigenvalue weighted by atomic mass is 19.4. The van der Waals surface area contributed by atoms with Crippen molar-refractivity contribution in [1.82, 2.24) is 20.3 Å². The predicted molar refractivity (Wildman–Crippen MR) is 111 cm³/mol. The summed E-state index contributed by atoms with van der Waals surface area (Å²) in [7, 11) is 8.74. The Hall–Kier alpha value is -3.14. The van der Waals surface area contributed by atoms with E-state index in [1.165, 1.54) is 18.3 Å². The van der Waals surface area contributed by atoms with E-state index in [0.717, 1.165) is 6.07 Å². The number of nitrogens with two attached hydrogens (primary N) is 1. The van der Waals surface area contributed by atoms with E-state index >= 15 is 0 Å². The number of fused-ring (bicyclic) bond motifs is 1. The quantitative estimate of drug-likeness (QED) is 0.614. The first-order valence-electron chi connectivity index (χ1n) is 8.72. The summed E-state index contributed by atoms with van der Waals surface area (Å²) >= 11 is 0. The Labute approximate surface area is 167 Å². The van der Waals surface area contributed by atoms with Gasteiger partial charge in [-0.05, 0) is 32.3 Å². The first-order valence-corrected chi connectivity index (χ1v) is 8.72. The lowest BCUT2D eigenvalue weighted by molar-refractivity contribution is -0.137. The van der Waals surface area contributed by atoms with E-state index in [2.05, 4.69) is 25.6 Å². The minimum atomic E-state index is -4.52. The first kappa shape index (κ1) is 22.2. The lowest BCUT2D eigenvalue weighted by Crippen LogP contribution is -2.15. The van der Waals surface area contributed by atoms with Crippen LogP contribution in [0.5, 0.6) is 0 Å². The molecule has 0 aliphatic carbocycles. The molecule has 7 nitrogen and oxygen atoms in total. The number of benzene rings is 1. The third-order valence-electron chi connectivity index (χ3n) is 3.95. The fraction of sp³-hybridized carbons (Fsp3) is 0.316. The van der Waals surface area contributed by atoms with Crippen molar-refractivity contribution in [3.8, 4) is 11.1 Å². The molecule has 2 aromatic heterocycles. The molecular weight excluding hydrogens is 383 g/mol. The van der Waals surface area contributed by atoms with Crippen molar-refractivity contribution >= 4 is 28.5 Å². The molecule has 2 heterocycles. The van der Waals surface area contributed by atoms with Crippen molar-refractivity contribution < 1.29 is 13.2 Å². The number of aromatic nitrogens is 3. The molecule has 0 aliphatic rings. The molecule has 0 radical (unpaired) electrons. The van der Waals surface area contributed by atoms with E-state index < -0.39 is 11.7 Å². The molecule has 0 atom stereocenters. The van der Waals surface area contributed by atoms with Crippen LogP contribution < -0.4 is 21.3 Å². The van der Waals surface area contributed by atoms with Crippen LogP contribution in [0.25, 0.3) is 22.2 Å². The van der Waals surface area contributed by atoms with Gasteiger partial charge < -0.3 is 21.3 Å². The van der Waals surface area contributed by atoms with Crippen molar-refractivity contribution in [3.05, 3.63) is 36.0 Å². The molecule has 0 spiro atoms. The van der Waals surface area contributed by atoms with Crippen LogP contribution in [0.1, 0.15) is 5.56 Å². The predicted octanol–water partition coefficient (Wildman–Crippen LogP) is 3.24. The van der Waals surface area contributed by atoms with Crippen LogP contribution in [0.15, 0.2) is 30.5 Å². The van der Waals surface area contributed by atoms with Crippen LogP contribution in [-0.4, -0.2) is 50.2 Å². The number of hydrogen-bond donors (Lipinski definition) is 3. The van der Waals surface area contributed by atoms with E-state index in [0.29, 0.717) is 22.5 Å². The Balaban J connectivity index is 0.000000941. The molecule has 0 fully saturated rings. The highest BCUT2D eigenvalue weighted by Crippen LogP contribution is 2.44. The summed E-state index contributed by atoms with van der Waals surface area (Å²) in [5, 5.41) is 5.99. The van der Waals surface area contributed by atoms with E-state index in [1.807, 2.05) is 14.1 Å². The molecule has 1 aromatic carbocycles. The number of pyridine rings is 1. The van der Waals surface area contributed by atoms with Gasteiger partial charge in [-0.1, -0.05) is 6.07 Å². The highest BCUT2D eigenvalue weighted by molar-refractivity contribution is 6.03. The minimum Gasteiger partial charge on any atom is -0.377 e.